The first-order valence-corrected chi connectivity index (χ1v) is 9.72. The summed E-state index contributed by atoms with van der Waals surface area (Å²) in [7, 11) is 3.13. The Morgan fingerprint density at radius 1 is 1.19 bits per heavy atom. The third kappa shape index (κ3) is 6.30. The molecule has 27 heavy (non-hydrogen) atoms. The molecule has 6 nitrogen and oxygen atoms in total. The number of hydrogen-bond donors (Lipinski definition) is 0. The van der Waals surface area contributed by atoms with Gasteiger partial charge in [-0.2, -0.15) is 0 Å². The van der Waals surface area contributed by atoms with Crippen molar-refractivity contribution in [1.82, 2.24) is 9.88 Å². The molecular weight excluding hydrogens is 364 g/mol. The second kappa shape index (κ2) is 10.4. The normalized spacial score (nSPS) is 10.9. The fraction of sp³-hybridized carbons (Fsp3) is 0.500. The topological polar surface area (TPSA) is 60.9 Å². The van der Waals surface area contributed by atoms with Gasteiger partial charge < -0.3 is 19.1 Å². The van der Waals surface area contributed by atoms with Crippen LogP contribution in [-0.2, 0) is 27.4 Å². The molecule has 1 aromatic carbocycles. The van der Waals surface area contributed by atoms with Crippen LogP contribution < -0.4 is 4.74 Å². The molecule has 1 aromatic heterocycles. The number of ether oxygens (including phenoxy) is 3. The molecule has 0 saturated carbocycles. The molecule has 0 unspecified atom stereocenters. The number of hydrogen-bond acceptors (Lipinski definition) is 6. The summed E-state index contributed by atoms with van der Waals surface area (Å²) < 4.78 is 16.0. The fourth-order valence-corrected chi connectivity index (χ4v) is 3.38. The Balaban J connectivity index is 1.99. The van der Waals surface area contributed by atoms with Gasteiger partial charge in [0, 0.05) is 26.1 Å². The highest BCUT2D eigenvalue weighted by Crippen LogP contribution is 2.24. The van der Waals surface area contributed by atoms with Gasteiger partial charge in [-0.15, -0.1) is 11.3 Å². The van der Waals surface area contributed by atoms with Crippen LogP contribution in [0.15, 0.2) is 17.5 Å². The van der Waals surface area contributed by atoms with E-state index < -0.39 is 0 Å². The predicted octanol–water partition coefficient (Wildman–Crippen LogP) is 3.27. The van der Waals surface area contributed by atoms with Crippen molar-refractivity contribution in [3.63, 3.8) is 0 Å². The molecule has 148 valence electrons. The average Bonchev–Trinajstić information content (AvgIpc) is 3.08. The molecule has 2 aromatic rings. The highest BCUT2D eigenvalue weighted by atomic mass is 32.1. The lowest BCUT2D eigenvalue weighted by Crippen LogP contribution is -2.36. The second-order valence-corrected chi connectivity index (χ2v) is 7.41. The number of nitrogens with zero attached hydrogens (tertiary/aromatic N) is 2. The van der Waals surface area contributed by atoms with Gasteiger partial charge in [0.1, 0.15) is 24.0 Å². The summed E-state index contributed by atoms with van der Waals surface area (Å²) in [6, 6.07) is 4.20. The largest absolute Gasteiger partial charge is 0.486 e. The highest BCUT2D eigenvalue weighted by Gasteiger charge is 2.15. The summed E-state index contributed by atoms with van der Waals surface area (Å²) in [5, 5.41) is 2.85. The number of amides is 1. The lowest BCUT2D eigenvalue weighted by Gasteiger charge is -2.21. The summed E-state index contributed by atoms with van der Waals surface area (Å²) in [6.07, 6.45) is 0. The molecule has 0 fully saturated rings. The van der Waals surface area contributed by atoms with Crippen LogP contribution in [0.2, 0.25) is 0 Å². The van der Waals surface area contributed by atoms with Gasteiger partial charge in [0.2, 0.25) is 5.91 Å². The summed E-state index contributed by atoms with van der Waals surface area (Å²) >= 11 is 1.54. The molecular formula is C20H28N2O4S. The third-order valence-corrected chi connectivity index (χ3v) is 5.12. The Morgan fingerprint density at radius 2 is 1.96 bits per heavy atom. The maximum absolute atomic E-state index is 12.2. The van der Waals surface area contributed by atoms with Gasteiger partial charge in [-0.1, -0.05) is 6.07 Å². The van der Waals surface area contributed by atoms with E-state index in [9.17, 15) is 4.79 Å². The zero-order valence-electron chi connectivity index (χ0n) is 16.7. The van der Waals surface area contributed by atoms with E-state index >= 15 is 0 Å². The maximum atomic E-state index is 12.2. The van der Waals surface area contributed by atoms with Crippen molar-refractivity contribution in [2.24, 2.45) is 0 Å². The lowest BCUT2D eigenvalue weighted by atomic mass is 10.1. The number of carbonyl (C=O) groups is 1. The molecule has 0 N–H and O–H groups in total. The molecule has 0 aliphatic heterocycles. The quantitative estimate of drug-likeness (QED) is 0.621. The SMILES string of the molecule is COCCN(Cc1csc(COc2cc(C)cc(C)c2C)n1)C(=O)COC. The van der Waals surface area contributed by atoms with E-state index in [-0.39, 0.29) is 12.5 Å². The molecule has 0 spiro atoms. The molecule has 0 aliphatic carbocycles. The van der Waals surface area contributed by atoms with Crippen LogP contribution in [0.3, 0.4) is 0 Å². The van der Waals surface area contributed by atoms with E-state index in [2.05, 4.69) is 31.8 Å². The minimum Gasteiger partial charge on any atom is -0.486 e. The first-order valence-electron chi connectivity index (χ1n) is 8.84. The Labute approximate surface area is 165 Å². The van der Waals surface area contributed by atoms with E-state index in [0.29, 0.717) is 26.3 Å². The predicted molar refractivity (Wildman–Crippen MR) is 106 cm³/mol. The molecule has 0 radical (unpaired) electrons. The van der Waals surface area contributed by atoms with E-state index in [1.165, 1.54) is 29.6 Å². The number of aromatic nitrogens is 1. The molecule has 2 rings (SSSR count). The van der Waals surface area contributed by atoms with E-state index in [0.717, 1.165) is 22.0 Å². The van der Waals surface area contributed by atoms with Crippen molar-refractivity contribution in [3.05, 3.63) is 44.9 Å². The zero-order chi connectivity index (χ0) is 19.8. The fourth-order valence-electron chi connectivity index (χ4n) is 2.68. The van der Waals surface area contributed by atoms with Crippen molar-refractivity contribution < 1.29 is 19.0 Å². The highest BCUT2D eigenvalue weighted by molar-refractivity contribution is 7.09. The van der Waals surface area contributed by atoms with Gasteiger partial charge in [0.15, 0.2) is 0 Å². The number of aryl methyl sites for hydroxylation is 2. The van der Waals surface area contributed by atoms with Gasteiger partial charge in [0.05, 0.1) is 18.8 Å². The third-order valence-electron chi connectivity index (χ3n) is 4.25. The zero-order valence-corrected chi connectivity index (χ0v) is 17.5. The van der Waals surface area contributed by atoms with Crippen LogP contribution in [0, 0.1) is 20.8 Å². The number of benzene rings is 1. The van der Waals surface area contributed by atoms with Crippen molar-refractivity contribution in [1.29, 1.82) is 0 Å². The Kier molecular flexibility index (Phi) is 8.22. The summed E-state index contributed by atoms with van der Waals surface area (Å²) in [5.74, 6) is 0.812. The Morgan fingerprint density at radius 3 is 2.67 bits per heavy atom. The van der Waals surface area contributed by atoms with Crippen LogP contribution in [0.25, 0.3) is 0 Å². The van der Waals surface area contributed by atoms with Gasteiger partial charge in [0.25, 0.3) is 0 Å². The van der Waals surface area contributed by atoms with Gasteiger partial charge >= 0.3 is 0 Å². The maximum Gasteiger partial charge on any atom is 0.248 e. The molecule has 1 heterocycles. The number of methoxy groups -OCH3 is 2. The first kappa shape index (κ1) is 21.3. The Hall–Kier alpha value is -1.96. The number of rotatable bonds is 10. The molecule has 0 atom stereocenters. The first-order chi connectivity index (χ1) is 12.9. The van der Waals surface area contributed by atoms with Gasteiger partial charge in [-0.3, -0.25) is 4.79 Å². The van der Waals surface area contributed by atoms with Crippen molar-refractivity contribution in [2.45, 2.75) is 33.9 Å². The van der Waals surface area contributed by atoms with Crippen LogP contribution in [-0.4, -0.2) is 49.8 Å². The minimum atomic E-state index is -0.0776. The van der Waals surface area contributed by atoms with Gasteiger partial charge in [-0.05, 0) is 43.5 Å². The van der Waals surface area contributed by atoms with Crippen LogP contribution in [0.5, 0.6) is 5.75 Å². The van der Waals surface area contributed by atoms with Crippen molar-refractivity contribution in [3.8, 4) is 5.75 Å². The summed E-state index contributed by atoms with van der Waals surface area (Å²) in [6.45, 7) is 8.09. The molecule has 0 aliphatic rings. The smallest absolute Gasteiger partial charge is 0.248 e. The van der Waals surface area contributed by atoms with E-state index in [1.807, 2.05) is 11.4 Å². The van der Waals surface area contributed by atoms with E-state index in [4.69, 9.17) is 14.2 Å². The average molecular weight is 393 g/mol. The molecule has 7 heteroatoms. The molecule has 0 bridgehead atoms. The van der Waals surface area contributed by atoms with Crippen LogP contribution in [0.1, 0.15) is 27.4 Å². The van der Waals surface area contributed by atoms with Crippen molar-refractivity contribution >= 4 is 17.2 Å². The second-order valence-electron chi connectivity index (χ2n) is 6.47. The van der Waals surface area contributed by atoms with Gasteiger partial charge in [-0.25, -0.2) is 4.98 Å². The summed E-state index contributed by atoms with van der Waals surface area (Å²) in [5.41, 5.74) is 4.39. The number of carbonyl (C=O) groups excluding carboxylic acids is 1. The summed E-state index contributed by atoms with van der Waals surface area (Å²) in [4.78, 5) is 18.5. The van der Waals surface area contributed by atoms with E-state index in [1.54, 1.807) is 12.0 Å². The Bertz CT molecular complexity index is 760. The molecule has 1 amide bonds. The van der Waals surface area contributed by atoms with Crippen LogP contribution >= 0.6 is 11.3 Å². The lowest BCUT2D eigenvalue weighted by molar-refractivity contribution is -0.136. The molecule has 0 saturated heterocycles. The minimum absolute atomic E-state index is 0.0514. The standard InChI is InChI=1S/C20H28N2O4S/c1-14-8-15(2)16(3)18(9-14)26-11-19-21-17(13-27-19)10-22(6-7-24-4)20(23)12-25-5/h8-9,13H,6-7,10-12H2,1-5H3. The van der Waals surface area contributed by atoms with Crippen LogP contribution in [0.4, 0.5) is 0 Å². The van der Waals surface area contributed by atoms with Crippen molar-refractivity contribution in [2.75, 3.05) is 34.0 Å². The monoisotopic (exact) mass is 392 g/mol. The number of thiazole rings is 1.